The molecule has 0 amide bonds. The van der Waals surface area contributed by atoms with E-state index in [1.54, 1.807) is 24.3 Å². The summed E-state index contributed by atoms with van der Waals surface area (Å²) in [6.45, 7) is 0. The van der Waals surface area contributed by atoms with Crippen molar-refractivity contribution in [2.24, 2.45) is 10.7 Å². The quantitative estimate of drug-likeness (QED) is 0.576. The molecule has 14 heavy (non-hydrogen) atoms. The summed E-state index contributed by atoms with van der Waals surface area (Å²) in [6.07, 6.45) is 1.72. The zero-order valence-electron chi connectivity index (χ0n) is 7.47. The molecule has 0 spiro atoms. The topological polar surface area (TPSA) is 79.2 Å². The van der Waals surface area contributed by atoms with Crippen LogP contribution in [0.3, 0.4) is 0 Å². The van der Waals surface area contributed by atoms with Crippen molar-refractivity contribution in [3.63, 3.8) is 0 Å². The summed E-state index contributed by atoms with van der Waals surface area (Å²) in [5.74, 6) is 0. The van der Waals surface area contributed by atoms with Crippen LogP contribution in [0.15, 0.2) is 29.3 Å². The van der Waals surface area contributed by atoms with E-state index in [-0.39, 0.29) is 12.5 Å². The van der Waals surface area contributed by atoms with E-state index in [0.717, 1.165) is 5.56 Å². The molecule has 0 aliphatic rings. The molecule has 0 bridgehead atoms. The Labute approximate surface area is 81.7 Å². The van der Waals surface area contributed by atoms with Crippen molar-refractivity contribution in [1.29, 1.82) is 5.26 Å². The number of carbonyl (C=O) groups excluding carboxylic acids is 1. The van der Waals surface area contributed by atoms with E-state index in [2.05, 4.69) is 4.99 Å². The smallest absolute Gasteiger partial charge is 0.240 e. The van der Waals surface area contributed by atoms with E-state index in [9.17, 15) is 4.79 Å². The molecule has 2 N–H and O–H groups in total. The standard InChI is InChI=1S/C10H9N3O/c11-6-5-10(12)8-1-3-9(4-2-8)13-7-14/h1-4,10H,5,12H2/t10-/m0/s1. The first kappa shape index (κ1) is 10.1. The van der Waals surface area contributed by atoms with E-state index in [1.807, 2.05) is 6.07 Å². The van der Waals surface area contributed by atoms with E-state index >= 15 is 0 Å². The zero-order valence-corrected chi connectivity index (χ0v) is 7.47. The van der Waals surface area contributed by atoms with Crippen molar-refractivity contribution >= 4 is 11.8 Å². The van der Waals surface area contributed by atoms with Gasteiger partial charge in [0.2, 0.25) is 6.08 Å². The van der Waals surface area contributed by atoms with Gasteiger partial charge < -0.3 is 5.73 Å². The van der Waals surface area contributed by atoms with E-state index in [4.69, 9.17) is 11.0 Å². The molecule has 0 aromatic heterocycles. The SMILES string of the molecule is N#CC[C@H](N)c1ccc(N=C=O)cc1. The molecule has 0 saturated carbocycles. The summed E-state index contributed by atoms with van der Waals surface area (Å²) in [4.78, 5) is 13.4. The summed E-state index contributed by atoms with van der Waals surface area (Å²) < 4.78 is 0. The minimum Gasteiger partial charge on any atom is -0.323 e. The maximum atomic E-state index is 9.94. The number of isocyanates is 1. The summed E-state index contributed by atoms with van der Waals surface area (Å²) in [6, 6.07) is 8.54. The van der Waals surface area contributed by atoms with Crippen LogP contribution in [-0.4, -0.2) is 6.08 Å². The monoisotopic (exact) mass is 187 g/mol. The van der Waals surface area contributed by atoms with Gasteiger partial charge >= 0.3 is 0 Å². The highest BCUT2D eigenvalue weighted by Gasteiger charge is 2.04. The van der Waals surface area contributed by atoms with Gasteiger partial charge in [-0.3, -0.25) is 0 Å². The molecular formula is C10H9N3O. The van der Waals surface area contributed by atoms with Crippen molar-refractivity contribution in [2.75, 3.05) is 0 Å². The zero-order chi connectivity index (χ0) is 10.4. The lowest BCUT2D eigenvalue weighted by molar-refractivity contribution is 0.565. The maximum absolute atomic E-state index is 9.94. The van der Waals surface area contributed by atoms with Crippen molar-refractivity contribution in [1.82, 2.24) is 0 Å². The number of aliphatic imine (C=N–C) groups is 1. The normalized spacial score (nSPS) is 11.1. The van der Waals surface area contributed by atoms with Crippen LogP contribution in [0.5, 0.6) is 0 Å². The Bertz CT molecular complexity index is 385. The third-order valence-corrected chi connectivity index (χ3v) is 1.81. The first-order valence-corrected chi connectivity index (χ1v) is 4.08. The van der Waals surface area contributed by atoms with Crippen molar-refractivity contribution in [3.05, 3.63) is 29.8 Å². The minimum absolute atomic E-state index is 0.274. The second-order valence-electron chi connectivity index (χ2n) is 2.76. The molecule has 0 aliphatic heterocycles. The predicted octanol–water partition coefficient (Wildman–Crippen LogP) is 1.57. The number of hydrogen-bond donors (Lipinski definition) is 1. The fourth-order valence-electron chi connectivity index (χ4n) is 1.06. The Hall–Kier alpha value is -1.95. The molecule has 4 nitrogen and oxygen atoms in total. The van der Waals surface area contributed by atoms with Crippen molar-refractivity contribution < 1.29 is 4.79 Å². The van der Waals surface area contributed by atoms with Gasteiger partial charge in [-0.2, -0.15) is 10.3 Å². The summed E-state index contributed by atoms with van der Waals surface area (Å²) >= 11 is 0. The fraction of sp³-hybridized carbons (Fsp3) is 0.200. The molecule has 70 valence electrons. The highest BCUT2D eigenvalue weighted by atomic mass is 16.1. The first-order chi connectivity index (χ1) is 6.77. The summed E-state index contributed by atoms with van der Waals surface area (Å²) in [5, 5.41) is 8.44. The molecular weight excluding hydrogens is 178 g/mol. The molecule has 1 rings (SSSR count). The minimum atomic E-state index is -0.283. The molecule has 0 saturated heterocycles. The van der Waals surface area contributed by atoms with Gasteiger partial charge in [-0.25, -0.2) is 4.79 Å². The third-order valence-electron chi connectivity index (χ3n) is 1.81. The number of hydrogen-bond acceptors (Lipinski definition) is 4. The Kier molecular flexibility index (Phi) is 3.57. The van der Waals surface area contributed by atoms with Gasteiger partial charge in [0, 0.05) is 6.04 Å². The number of benzene rings is 1. The van der Waals surface area contributed by atoms with Gasteiger partial charge in [0.05, 0.1) is 18.2 Å². The van der Waals surface area contributed by atoms with Gasteiger partial charge in [0.1, 0.15) is 0 Å². The Balaban J connectivity index is 2.83. The van der Waals surface area contributed by atoms with Crippen LogP contribution in [0.4, 0.5) is 5.69 Å². The lowest BCUT2D eigenvalue weighted by Gasteiger charge is -2.06. The molecule has 1 aromatic rings. The number of nitriles is 1. The maximum Gasteiger partial charge on any atom is 0.240 e. The van der Waals surface area contributed by atoms with Gasteiger partial charge in [0.15, 0.2) is 0 Å². The first-order valence-electron chi connectivity index (χ1n) is 4.08. The number of rotatable bonds is 3. The van der Waals surface area contributed by atoms with Crippen molar-refractivity contribution in [3.8, 4) is 6.07 Å². The lowest BCUT2D eigenvalue weighted by Crippen LogP contribution is -2.08. The van der Waals surface area contributed by atoms with E-state index in [0.29, 0.717) is 5.69 Å². The molecule has 0 aliphatic carbocycles. The van der Waals surface area contributed by atoms with E-state index < -0.39 is 0 Å². The Morgan fingerprint density at radius 2 is 2.07 bits per heavy atom. The summed E-state index contributed by atoms with van der Waals surface area (Å²) in [7, 11) is 0. The second kappa shape index (κ2) is 4.93. The van der Waals surface area contributed by atoms with Crippen LogP contribution in [0.1, 0.15) is 18.0 Å². The third kappa shape index (κ3) is 2.53. The number of nitrogens with zero attached hydrogens (tertiary/aromatic N) is 2. The predicted molar refractivity (Wildman–Crippen MR) is 51.4 cm³/mol. The van der Waals surface area contributed by atoms with Gasteiger partial charge in [-0.05, 0) is 17.7 Å². The van der Waals surface area contributed by atoms with Crippen LogP contribution in [-0.2, 0) is 4.79 Å². The average Bonchev–Trinajstić information content (AvgIpc) is 2.20. The highest BCUT2D eigenvalue weighted by molar-refractivity contribution is 5.49. The van der Waals surface area contributed by atoms with Crippen LogP contribution < -0.4 is 5.73 Å². The summed E-state index contributed by atoms with van der Waals surface area (Å²) in [5.41, 5.74) is 7.09. The largest absolute Gasteiger partial charge is 0.323 e. The highest BCUT2D eigenvalue weighted by Crippen LogP contribution is 2.17. The van der Waals surface area contributed by atoms with E-state index in [1.165, 1.54) is 6.08 Å². The molecule has 0 unspecified atom stereocenters. The van der Waals surface area contributed by atoms with Gasteiger partial charge in [-0.15, -0.1) is 0 Å². The molecule has 1 aromatic carbocycles. The molecule has 1 atom stereocenters. The fourth-order valence-corrected chi connectivity index (χ4v) is 1.06. The second-order valence-corrected chi connectivity index (χ2v) is 2.76. The Morgan fingerprint density at radius 1 is 1.43 bits per heavy atom. The molecule has 0 fully saturated rings. The van der Waals surface area contributed by atoms with Crippen LogP contribution in [0.2, 0.25) is 0 Å². The lowest BCUT2D eigenvalue weighted by atomic mass is 10.1. The van der Waals surface area contributed by atoms with Crippen molar-refractivity contribution in [2.45, 2.75) is 12.5 Å². The van der Waals surface area contributed by atoms with Gasteiger partial charge in [-0.1, -0.05) is 12.1 Å². The molecule has 4 heteroatoms. The van der Waals surface area contributed by atoms with Crippen LogP contribution in [0.25, 0.3) is 0 Å². The van der Waals surface area contributed by atoms with Gasteiger partial charge in [0.25, 0.3) is 0 Å². The Morgan fingerprint density at radius 3 is 2.57 bits per heavy atom. The van der Waals surface area contributed by atoms with Crippen LogP contribution >= 0.6 is 0 Å². The average molecular weight is 187 g/mol. The molecule has 0 radical (unpaired) electrons. The van der Waals surface area contributed by atoms with Crippen LogP contribution in [0, 0.1) is 11.3 Å². The number of nitrogens with two attached hydrogens (primary N) is 1. The molecule has 0 heterocycles.